The number of fused-ring (bicyclic) bond motifs is 3. The van der Waals surface area contributed by atoms with Crippen LogP contribution >= 0.6 is 23.1 Å². The van der Waals surface area contributed by atoms with E-state index in [1.54, 1.807) is 20.9 Å². The number of benzene rings is 3. The third kappa shape index (κ3) is 3.33. The fourth-order valence-corrected chi connectivity index (χ4v) is 12.3. The van der Waals surface area contributed by atoms with E-state index in [2.05, 4.69) is 129 Å². The van der Waals surface area contributed by atoms with Gasteiger partial charge in [-0.25, -0.2) is 0 Å². The molecule has 0 N–H and O–H groups in total. The summed E-state index contributed by atoms with van der Waals surface area (Å²) in [5.41, 5.74) is 10.1. The van der Waals surface area contributed by atoms with Crippen molar-refractivity contribution in [2.75, 3.05) is 0 Å². The average molecular weight is 517 g/mol. The lowest BCUT2D eigenvalue weighted by Gasteiger charge is -2.21. The predicted molar refractivity (Wildman–Crippen MR) is 162 cm³/mol. The Morgan fingerprint density at radius 2 is 1.42 bits per heavy atom. The van der Waals surface area contributed by atoms with E-state index in [4.69, 9.17) is 0 Å². The molecule has 3 aliphatic rings. The van der Waals surface area contributed by atoms with Crippen LogP contribution in [-0.2, 0) is 0 Å². The Balaban J connectivity index is 1.54. The highest BCUT2D eigenvalue weighted by molar-refractivity contribution is 8.10. The van der Waals surface area contributed by atoms with Crippen LogP contribution in [0, 0.1) is 0 Å². The van der Waals surface area contributed by atoms with Crippen molar-refractivity contribution in [1.29, 1.82) is 0 Å². The summed E-state index contributed by atoms with van der Waals surface area (Å²) < 4.78 is 1.57. The van der Waals surface area contributed by atoms with Crippen LogP contribution in [0.2, 0.25) is 13.1 Å². The van der Waals surface area contributed by atoms with Crippen molar-refractivity contribution in [1.82, 2.24) is 0 Å². The number of hydrogen-bond acceptors (Lipinski definition) is 2. The van der Waals surface area contributed by atoms with Crippen molar-refractivity contribution in [3.8, 4) is 10.4 Å². The number of rotatable bonds is 4. The first-order valence-electron chi connectivity index (χ1n) is 12.8. The van der Waals surface area contributed by atoms with Crippen LogP contribution in [0.4, 0.5) is 0 Å². The molecule has 0 nitrogen and oxygen atoms in total. The minimum atomic E-state index is -1.04. The smallest absolute Gasteiger partial charge is 0.0633 e. The molecule has 7 rings (SSSR count). The molecular formula is C33H28S2Si. The Morgan fingerprint density at radius 1 is 0.750 bits per heavy atom. The lowest BCUT2D eigenvalue weighted by atomic mass is 9.82. The molecule has 0 fully saturated rings. The van der Waals surface area contributed by atoms with Gasteiger partial charge in [0.25, 0.3) is 0 Å². The topological polar surface area (TPSA) is 0 Å². The minimum Gasteiger partial charge on any atom is -0.136 e. The summed E-state index contributed by atoms with van der Waals surface area (Å²) in [5, 5.41) is 3.72. The van der Waals surface area contributed by atoms with E-state index in [1.165, 1.54) is 42.8 Å². The molecule has 4 aromatic rings. The first-order chi connectivity index (χ1) is 17.6. The van der Waals surface area contributed by atoms with Crippen molar-refractivity contribution in [2.24, 2.45) is 0 Å². The standard InChI is InChI=1S/C33H28S2Si/c1-20-18-23-16-10-11-17-24(23)27(20)29-28-25-19-26(21-12-6-4-7-13-21)34-31(25)33(36(2)3)32(28)35-30(29)22-14-8-5-9-15-22/h4-19,27,32,36H,1-3H3. The van der Waals surface area contributed by atoms with Crippen molar-refractivity contribution < 1.29 is 0 Å². The third-order valence-electron chi connectivity index (χ3n) is 7.75. The van der Waals surface area contributed by atoms with Gasteiger partial charge in [-0.05, 0) is 56.8 Å². The van der Waals surface area contributed by atoms with Gasteiger partial charge in [-0.3, -0.25) is 0 Å². The molecule has 0 saturated carbocycles. The minimum absolute atomic E-state index is 0.324. The van der Waals surface area contributed by atoms with Crippen LogP contribution in [0.25, 0.3) is 32.2 Å². The van der Waals surface area contributed by atoms with Crippen molar-refractivity contribution in [3.05, 3.63) is 129 Å². The molecule has 2 atom stereocenters. The van der Waals surface area contributed by atoms with Crippen LogP contribution in [0.15, 0.2) is 102 Å². The van der Waals surface area contributed by atoms with Crippen LogP contribution in [0.3, 0.4) is 0 Å². The second-order valence-electron chi connectivity index (χ2n) is 10.3. The summed E-state index contributed by atoms with van der Waals surface area (Å²) in [5.74, 6) is 0.324. The Hall–Kier alpha value is -2.85. The van der Waals surface area contributed by atoms with Crippen molar-refractivity contribution >= 4 is 53.6 Å². The van der Waals surface area contributed by atoms with Gasteiger partial charge in [0, 0.05) is 20.2 Å². The van der Waals surface area contributed by atoms with Gasteiger partial charge < -0.3 is 0 Å². The lowest BCUT2D eigenvalue weighted by Crippen LogP contribution is -2.22. The van der Waals surface area contributed by atoms with E-state index in [1.807, 2.05) is 11.3 Å². The van der Waals surface area contributed by atoms with Gasteiger partial charge in [-0.2, -0.15) is 0 Å². The molecule has 1 aliphatic heterocycles. The second-order valence-corrected chi connectivity index (χ2v) is 15.4. The highest BCUT2D eigenvalue weighted by Crippen LogP contribution is 2.58. The van der Waals surface area contributed by atoms with E-state index in [0.29, 0.717) is 11.2 Å². The summed E-state index contributed by atoms with van der Waals surface area (Å²) >= 11 is 4.15. The summed E-state index contributed by atoms with van der Waals surface area (Å²) in [4.78, 5) is 2.88. The zero-order chi connectivity index (χ0) is 24.4. The largest absolute Gasteiger partial charge is 0.136 e. The molecule has 2 aliphatic carbocycles. The maximum absolute atomic E-state index is 2.51. The molecule has 0 amide bonds. The fraction of sp³-hybridized carbons (Fsp3) is 0.152. The Kier molecular flexibility index (Phi) is 5.35. The molecule has 0 bridgehead atoms. The Bertz CT molecular complexity index is 1690. The maximum atomic E-state index is 2.51. The van der Waals surface area contributed by atoms with Gasteiger partial charge in [-0.1, -0.05) is 110 Å². The van der Waals surface area contributed by atoms with Crippen LogP contribution in [0.1, 0.15) is 29.5 Å². The average Bonchev–Trinajstić information content (AvgIpc) is 3.62. The lowest BCUT2D eigenvalue weighted by molar-refractivity contribution is 0.985. The summed E-state index contributed by atoms with van der Waals surface area (Å²) in [6, 6.07) is 33.6. The number of allylic oxidation sites excluding steroid dienone is 2. The zero-order valence-corrected chi connectivity index (χ0v) is 23.6. The van der Waals surface area contributed by atoms with Gasteiger partial charge in [0.2, 0.25) is 0 Å². The van der Waals surface area contributed by atoms with E-state index in [0.717, 1.165) is 0 Å². The molecule has 176 valence electrons. The van der Waals surface area contributed by atoms with Crippen molar-refractivity contribution in [2.45, 2.75) is 31.2 Å². The van der Waals surface area contributed by atoms with E-state index in [9.17, 15) is 0 Å². The predicted octanol–water partition coefficient (Wildman–Crippen LogP) is 7.48. The number of thiophene rings is 1. The zero-order valence-electron chi connectivity index (χ0n) is 20.8. The third-order valence-corrected chi connectivity index (χ3v) is 12.7. The summed E-state index contributed by atoms with van der Waals surface area (Å²) in [6.07, 6.45) is 2.41. The van der Waals surface area contributed by atoms with E-state index in [-0.39, 0.29) is 0 Å². The highest BCUT2D eigenvalue weighted by Gasteiger charge is 2.43. The van der Waals surface area contributed by atoms with Crippen LogP contribution in [-0.4, -0.2) is 14.0 Å². The quantitative estimate of drug-likeness (QED) is 0.253. The molecule has 3 aromatic carbocycles. The molecular weight excluding hydrogens is 489 g/mol. The molecule has 0 saturated heterocycles. The molecule has 3 heteroatoms. The first-order valence-corrected chi connectivity index (χ1v) is 17.4. The molecule has 0 radical (unpaired) electrons. The molecule has 36 heavy (non-hydrogen) atoms. The first kappa shape index (κ1) is 22.4. The van der Waals surface area contributed by atoms with Gasteiger partial charge in [0.05, 0.1) is 14.0 Å². The monoisotopic (exact) mass is 516 g/mol. The van der Waals surface area contributed by atoms with E-state index < -0.39 is 8.80 Å². The van der Waals surface area contributed by atoms with Crippen molar-refractivity contribution in [3.63, 3.8) is 0 Å². The number of thioether (sulfide) groups is 1. The highest BCUT2D eigenvalue weighted by atomic mass is 32.2. The van der Waals surface area contributed by atoms with E-state index >= 15 is 0 Å². The molecule has 2 unspecified atom stereocenters. The molecule has 1 aromatic heterocycles. The normalized spacial score (nSPS) is 20.2. The fourth-order valence-electron chi connectivity index (χ4n) is 6.21. The van der Waals surface area contributed by atoms with Gasteiger partial charge in [0.15, 0.2) is 0 Å². The second kappa shape index (κ2) is 8.62. The van der Waals surface area contributed by atoms with Gasteiger partial charge in [-0.15, -0.1) is 23.1 Å². The summed E-state index contributed by atoms with van der Waals surface area (Å²) in [7, 11) is -1.04. The Morgan fingerprint density at radius 3 is 2.14 bits per heavy atom. The summed E-state index contributed by atoms with van der Waals surface area (Å²) in [6.45, 7) is 7.36. The van der Waals surface area contributed by atoms with Crippen LogP contribution < -0.4 is 9.75 Å². The molecule has 2 heterocycles. The van der Waals surface area contributed by atoms with Gasteiger partial charge in [0.1, 0.15) is 0 Å². The maximum Gasteiger partial charge on any atom is 0.0633 e. The Labute approximate surface area is 223 Å². The number of hydrogen-bond donors (Lipinski definition) is 0. The van der Waals surface area contributed by atoms with Gasteiger partial charge >= 0.3 is 0 Å². The molecule has 0 spiro atoms. The van der Waals surface area contributed by atoms with Crippen LogP contribution in [0.5, 0.6) is 0 Å². The SMILES string of the molecule is CC1=Cc2ccccc2C1C1=C(c2ccccc2)SC2C1=c1cc(-c3ccccc3)sc1=C2[SiH](C)C.